The fraction of sp³-hybridized carbons (Fsp3) is 0.304. The third kappa shape index (κ3) is 4.20. The number of anilines is 1. The van der Waals surface area contributed by atoms with Crippen LogP contribution >= 0.6 is 0 Å². The van der Waals surface area contributed by atoms with E-state index < -0.39 is 11.2 Å². The van der Waals surface area contributed by atoms with Gasteiger partial charge in [0.1, 0.15) is 0 Å². The summed E-state index contributed by atoms with van der Waals surface area (Å²) >= 11 is 0. The second kappa shape index (κ2) is 8.31. The molecule has 2 aliphatic heterocycles. The predicted molar refractivity (Wildman–Crippen MR) is 123 cm³/mol. The van der Waals surface area contributed by atoms with Gasteiger partial charge in [0.2, 0.25) is 0 Å². The van der Waals surface area contributed by atoms with Crippen LogP contribution in [0.4, 0.5) is 5.69 Å². The smallest absolute Gasteiger partial charge is 0.349 e. The molecule has 31 heavy (non-hydrogen) atoms. The molecule has 0 aliphatic carbocycles. The number of aromatic amines is 1. The van der Waals surface area contributed by atoms with Gasteiger partial charge in [-0.05, 0) is 54.8 Å². The van der Waals surface area contributed by atoms with Gasteiger partial charge in [0.25, 0.3) is 5.56 Å². The number of benzene rings is 2. The molecule has 0 amide bonds. The maximum Gasteiger partial charge on any atom is 0.349 e. The first kappa shape index (κ1) is 20.7. The van der Waals surface area contributed by atoms with Crippen molar-refractivity contribution in [3.8, 4) is 11.5 Å². The first-order valence-electron chi connectivity index (χ1n) is 10.2. The summed E-state index contributed by atoms with van der Waals surface area (Å²) in [5.41, 5.74) is 5.10. The normalized spacial score (nSPS) is 11.4. The number of hydrogen-bond donors (Lipinski definition) is 2. The molecule has 0 bridgehead atoms. The molecule has 0 atom stereocenters. The zero-order chi connectivity index (χ0) is 22.1. The minimum absolute atomic E-state index is 0.175. The minimum Gasteiger partial charge on any atom is -0.378 e. The van der Waals surface area contributed by atoms with Crippen molar-refractivity contribution in [2.24, 2.45) is 0 Å². The second-order valence-electron chi connectivity index (χ2n) is 7.97. The monoisotopic (exact) mass is 418 g/mol. The zero-order valence-corrected chi connectivity index (χ0v) is 18.2. The molecule has 2 N–H and O–H groups in total. The first-order chi connectivity index (χ1) is 14.8. The summed E-state index contributed by atoms with van der Waals surface area (Å²) in [5, 5.41) is 3.45. The first-order valence-corrected chi connectivity index (χ1v) is 10.2. The van der Waals surface area contributed by atoms with Gasteiger partial charge in [0.05, 0.1) is 11.0 Å². The van der Waals surface area contributed by atoms with Crippen molar-refractivity contribution in [3.63, 3.8) is 0 Å². The van der Waals surface area contributed by atoms with Gasteiger partial charge >= 0.3 is 5.69 Å². The highest BCUT2D eigenvalue weighted by molar-refractivity contribution is 5.81. The van der Waals surface area contributed by atoms with E-state index in [0.717, 1.165) is 22.3 Å². The molecule has 0 spiro atoms. The van der Waals surface area contributed by atoms with Gasteiger partial charge in [-0.1, -0.05) is 12.1 Å². The van der Waals surface area contributed by atoms with Crippen molar-refractivity contribution in [3.05, 3.63) is 73.9 Å². The molecule has 0 unspecified atom stereocenters. The van der Waals surface area contributed by atoms with Crippen LogP contribution in [0.25, 0.3) is 22.6 Å². The second-order valence-corrected chi connectivity index (χ2v) is 7.97. The topological polar surface area (TPSA) is 95.9 Å². The Labute approximate surface area is 179 Å². The standard InChI is InChI=1S/C23H26N6O2/c1-14-10-18-19(11-15(14)2)29(21-20(25-18)22(30)27-23(31)26-21)9-8-24-13-16-6-5-7-17(12-16)28(3)4/h5-7,10-12,24H,8-9,13H2,1-4H3,(H,27,30,31). The molecule has 0 aromatic heterocycles. The van der Waals surface area contributed by atoms with E-state index in [1.54, 1.807) is 0 Å². The van der Waals surface area contributed by atoms with Gasteiger partial charge in [0, 0.05) is 39.4 Å². The molecule has 4 rings (SSSR count). The van der Waals surface area contributed by atoms with Crippen LogP contribution in [0.3, 0.4) is 0 Å². The molecular formula is C23H26N6O2. The van der Waals surface area contributed by atoms with Crippen molar-refractivity contribution in [2.75, 3.05) is 25.5 Å². The Bertz CT molecular complexity index is 1340. The fourth-order valence-corrected chi connectivity index (χ4v) is 3.64. The summed E-state index contributed by atoms with van der Waals surface area (Å²) in [4.78, 5) is 37.1. The predicted octanol–water partition coefficient (Wildman–Crippen LogP) is 2.06. The fourth-order valence-electron chi connectivity index (χ4n) is 3.64. The van der Waals surface area contributed by atoms with E-state index >= 15 is 0 Å². The van der Waals surface area contributed by atoms with Crippen molar-refractivity contribution in [1.82, 2.24) is 24.8 Å². The molecular weight excluding hydrogens is 392 g/mol. The van der Waals surface area contributed by atoms with E-state index in [4.69, 9.17) is 0 Å². The average Bonchev–Trinajstić information content (AvgIpc) is 2.72. The molecule has 2 heterocycles. The number of H-pyrrole nitrogens is 1. The lowest BCUT2D eigenvalue weighted by atomic mass is 10.1. The lowest BCUT2D eigenvalue weighted by Crippen LogP contribution is -2.30. The maximum absolute atomic E-state index is 12.4. The SMILES string of the molecule is Cc1cc2nc3c(=O)[nH]c(=O)nc-3n(CCNCc3cccc(N(C)C)c3)c2cc1C. The number of rotatable bonds is 6. The van der Waals surface area contributed by atoms with E-state index in [9.17, 15) is 9.59 Å². The quantitative estimate of drug-likeness (QED) is 0.368. The molecule has 8 heteroatoms. The highest BCUT2D eigenvalue weighted by Crippen LogP contribution is 2.23. The Balaban J connectivity index is 1.65. The van der Waals surface area contributed by atoms with Gasteiger partial charge in [0.15, 0.2) is 11.5 Å². The molecule has 2 aliphatic rings. The third-order valence-corrected chi connectivity index (χ3v) is 5.49. The summed E-state index contributed by atoms with van der Waals surface area (Å²) in [6.45, 7) is 5.94. The van der Waals surface area contributed by atoms with E-state index in [-0.39, 0.29) is 5.69 Å². The van der Waals surface area contributed by atoms with Crippen molar-refractivity contribution >= 4 is 16.7 Å². The van der Waals surface area contributed by atoms with Crippen LogP contribution in [0.15, 0.2) is 46.0 Å². The molecule has 0 saturated heterocycles. The number of aromatic nitrogens is 4. The van der Waals surface area contributed by atoms with Crippen LogP contribution in [0, 0.1) is 13.8 Å². The molecule has 0 saturated carbocycles. The van der Waals surface area contributed by atoms with Crippen LogP contribution in [-0.4, -0.2) is 40.2 Å². The van der Waals surface area contributed by atoms with Crippen LogP contribution in [-0.2, 0) is 13.1 Å². The summed E-state index contributed by atoms with van der Waals surface area (Å²) < 4.78 is 1.91. The van der Waals surface area contributed by atoms with E-state index in [1.807, 2.05) is 50.7 Å². The minimum atomic E-state index is -0.662. The average molecular weight is 419 g/mol. The Kier molecular flexibility index (Phi) is 5.56. The highest BCUT2D eigenvalue weighted by Gasteiger charge is 2.19. The third-order valence-electron chi connectivity index (χ3n) is 5.49. The molecule has 160 valence electrons. The van der Waals surface area contributed by atoms with Crippen molar-refractivity contribution < 1.29 is 0 Å². The highest BCUT2D eigenvalue weighted by atomic mass is 16.2. The van der Waals surface area contributed by atoms with E-state index in [0.29, 0.717) is 31.0 Å². The van der Waals surface area contributed by atoms with Gasteiger partial charge in [-0.15, -0.1) is 0 Å². The van der Waals surface area contributed by atoms with E-state index in [2.05, 4.69) is 43.4 Å². The number of fused-ring (bicyclic) bond motifs is 2. The van der Waals surface area contributed by atoms with Gasteiger partial charge in [-0.25, -0.2) is 9.78 Å². The molecule has 2 aromatic rings. The molecule has 8 nitrogen and oxygen atoms in total. The van der Waals surface area contributed by atoms with Crippen LogP contribution in [0.2, 0.25) is 0 Å². The van der Waals surface area contributed by atoms with Crippen LogP contribution in [0.5, 0.6) is 0 Å². The summed E-state index contributed by atoms with van der Waals surface area (Å²) in [6, 6.07) is 12.3. The number of nitrogens with one attached hydrogen (secondary N) is 2. The molecule has 0 fully saturated rings. The lowest BCUT2D eigenvalue weighted by Gasteiger charge is -2.18. The van der Waals surface area contributed by atoms with Gasteiger partial charge in [-0.3, -0.25) is 9.78 Å². The lowest BCUT2D eigenvalue weighted by molar-refractivity contribution is 0.603. The summed E-state index contributed by atoms with van der Waals surface area (Å²) in [7, 11) is 4.04. The zero-order valence-electron chi connectivity index (χ0n) is 18.2. The van der Waals surface area contributed by atoms with Crippen molar-refractivity contribution in [2.45, 2.75) is 26.9 Å². The van der Waals surface area contributed by atoms with Crippen LogP contribution < -0.4 is 21.5 Å². The Morgan fingerprint density at radius 3 is 2.61 bits per heavy atom. The van der Waals surface area contributed by atoms with Crippen molar-refractivity contribution in [1.29, 1.82) is 0 Å². The summed E-state index contributed by atoms with van der Waals surface area (Å²) in [6.07, 6.45) is 0. The number of nitrogens with zero attached hydrogens (tertiary/aromatic N) is 4. The molecule has 2 aromatic carbocycles. The number of hydrogen-bond acceptors (Lipinski definition) is 6. The summed E-state index contributed by atoms with van der Waals surface area (Å²) in [5.74, 6) is 0.306. The van der Waals surface area contributed by atoms with Gasteiger partial charge < -0.3 is 14.8 Å². The van der Waals surface area contributed by atoms with E-state index in [1.165, 1.54) is 5.56 Å². The Morgan fingerprint density at radius 2 is 1.84 bits per heavy atom. The number of aryl methyl sites for hydroxylation is 2. The Hall–Kier alpha value is -3.52. The van der Waals surface area contributed by atoms with Gasteiger partial charge in [-0.2, -0.15) is 4.98 Å². The largest absolute Gasteiger partial charge is 0.378 e. The maximum atomic E-state index is 12.4. The Morgan fingerprint density at radius 1 is 1.06 bits per heavy atom. The molecule has 0 radical (unpaired) electrons. The van der Waals surface area contributed by atoms with Crippen LogP contribution in [0.1, 0.15) is 16.7 Å².